The maximum Gasteiger partial charge on any atom is 0.309 e. The van der Waals surface area contributed by atoms with Crippen molar-refractivity contribution in [3.05, 3.63) is 0 Å². The molecule has 0 aromatic heterocycles. The summed E-state index contributed by atoms with van der Waals surface area (Å²) in [5.74, 6) is -0.322. The second-order valence-corrected chi connectivity index (χ2v) is 3.83. The molecular weight excluding hydrogens is 194 g/mol. The first-order valence-electron chi connectivity index (χ1n) is 5.44. The Kier molecular flexibility index (Phi) is 7.34. The number of hydrogen-bond acceptors (Lipinski definition) is 4. The van der Waals surface area contributed by atoms with Gasteiger partial charge in [-0.25, -0.2) is 0 Å². The van der Waals surface area contributed by atoms with E-state index in [0.29, 0.717) is 13.2 Å². The van der Waals surface area contributed by atoms with E-state index in [0.717, 1.165) is 0 Å². The molecule has 0 saturated heterocycles. The first kappa shape index (κ1) is 14.4. The van der Waals surface area contributed by atoms with Gasteiger partial charge in [-0.15, -0.1) is 0 Å². The predicted octanol–water partition coefficient (Wildman–Crippen LogP) is 1.20. The lowest BCUT2D eigenvalue weighted by atomic mass is 10.0. The van der Waals surface area contributed by atoms with Crippen molar-refractivity contribution in [1.82, 2.24) is 5.32 Å². The van der Waals surface area contributed by atoms with Crippen LogP contribution in [0.4, 0.5) is 0 Å². The number of hydrogen-bond donors (Lipinski definition) is 1. The van der Waals surface area contributed by atoms with Crippen molar-refractivity contribution in [1.29, 1.82) is 0 Å². The number of nitrogens with one attached hydrogen (secondary N) is 1. The maximum absolute atomic E-state index is 11.3. The summed E-state index contributed by atoms with van der Waals surface area (Å²) in [7, 11) is 1.41. The molecular formula is C11H23NO3. The van der Waals surface area contributed by atoms with Crippen LogP contribution in [0, 0.1) is 5.92 Å². The molecule has 0 aromatic carbocycles. The van der Waals surface area contributed by atoms with Gasteiger partial charge < -0.3 is 14.8 Å². The fourth-order valence-corrected chi connectivity index (χ4v) is 1.33. The van der Waals surface area contributed by atoms with Crippen LogP contribution >= 0.6 is 0 Å². The minimum atomic E-state index is -0.182. The normalized spacial score (nSPS) is 16.9. The summed E-state index contributed by atoms with van der Waals surface area (Å²) in [6.07, 6.45) is 0. The lowest BCUT2D eigenvalue weighted by Gasteiger charge is -2.23. The molecule has 0 aliphatic carbocycles. The van der Waals surface area contributed by atoms with Gasteiger partial charge in [-0.2, -0.15) is 0 Å². The number of carbonyl (C=O) groups excluding carboxylic acids is 1. The van der Waals surface area contributed by atoms with Crippen molar-refractivity contribution in [2.75, 3.05) is 20.3 Å². The van der Waals surface area contributed by atoms with Gasteiger partial charge in [0, 0.05) is 18.7 Å². The standard InChI is InChI=1S/C11H23NO3/c1-6-15-7-8(2)12-10(4)9(3)11(13)14-5/h8-10,12H,6-7H2,1-5H3. The first-order valence-corrected chi connectivity index (χ1v) is 5.44. The quantitative estimate of drug-likeness (QED) is 0.651. The lowest BCUT2D eigenvalue weighted by Crippen LogP contribution is -2.43. The van der Waals surface area contributed by atoms with Crippen molar-refractivity contribution in [2.45, 2.75) is 39.8 Å². The molecule has 0 fully saturated rings. The number of rotatable bonds is 7. The maximum atomic E-state index is 11.3. The number of esters is 1. The summed E-state index contributed by atoms with van der Waals surface area (Å²) in [4.78, 5) is 11.3. The van der Waals surface area contributed by atoms with Gasteiger partial charge >= 0.3 is 5.97 Å². The third kappa shape index (κ3) is 5.74. The summed E-state index contributed by atoms with van der Waals surface area (Å²) in [5, 5.41) is 3.30. The van der Waals surface area contributed by atoms with Gasteiger partial charge in [-0.1, -0.05) is 6.92 Å². The second-order valence-electron chi connectivity index (χ2n) is 3.83. The topological polar surface area (TPSA) is 47.6 Å². The van der Waals surface area contributed by atoms with Gasteiger partial charge in [-0.3, -0.25) is 4.79 Å². The zero-order valence-corrected chi connectivity index (χ0v) is 10.4. The minimum Gasteiger partial charge on any atom is -0.469 e. The molecule has 0 rings (SSSR count). The van der Waals surface area contributed by atoms with Crippen LogP contribution in [0.15, 0.2) is 0 Å². The van der Waals surface area contributed by atoms with Crippen molar-refractivity contribution in [2.24, 2.45) is 5.92 Å². The first-order chi connectivity index (χ1) is 7.02. The van der Waals surface area contributed by atoms with Crippen molar-refractivity contribution in [3.63, 3.8) is 0 Å². The van der Waals surface area contributed by atoms with Gasteiger partial charge in [0.25, 0.3) is 0 Å². The van der Waals surface area contributed by atoms with E-state index in [4.69, 9.17) is 4.74 Å². The van der Waals surface area contributed by atoms with Gasteiger partial charge in [-0.05, 0) is 20.8 Å². The van der Waals surface area contributed by atoms with Crippen LogP contribution in [-0.2, 0) is 14.3 Å². The Hall–Kier alpha value is -0.610. The third-order valence-corrected chi connectivity index (χ3v) is 2.44. The van der Waals surface area contributed by atoms with E-state index < -0.39 is 0 Å². The minimum absolute atomic E-state index is 0.0907. The Balaban J connectivity index is 3.89. The Morgan fingerprint density at radius 1 is 1.33 bits per heavy atom. The monoisotopic (exact) mass is 217 g/mol. The average Bonchev–Trinajstić information content (AvgIpc) is 2.23. The van der Waals surface area contributed by atoms with Gasteiger partial charge in [0.2, 0.25) is 0 Å². The van der Waals surface area contributed by atoms with Crippen LogP contribution in [0.25, 0.3) is 0 Å². The van der Waals surface area contributed by atoms with E-state index in [1.165, 1.54) is 7.11 Å². The summed E-state index contributed by atoms with van der Waals surface area (Å²) in [6.45, 7) is 9.21. The van der Waals surface area contributed by atoms with E-state index in [9.17, 15) is 4.79 Å². The predicted molar refractivity (Wildman–Crippen MR) is 59.7 cm³/mol. The average molecular weight is 217 g/mol. The molecule has 0 radical (unpaired) electrons. The van der Waals surface area contributed by atoms with Gasteiger partial charge in [0.1, 0.15) is 0 Å². The van der Waals surface area contributed by atoms with Crippen LogP contribution in [0.2, 0.25) is 0 Å². The summed E-state index contributed by atoms with van der Waals surface area (Å²) in [5.41, 5.74) is 0. The smallest absolute Gasteiger partial charge is 0.309 e. The van der Waals surface area contributed by atoms with E-state index in [-0.39, 0.29) is 24.0 Å². The van der Waals surface area contributed by atoms with E-state index in [1.54, 1.807) is 0 Å². The molecule has 3 unspecified atom stereocenters. The van der Waals surface area contributed by atoms with Crippen LogP contribution in [0.1, 0.15) is 27.7 Å². The molecule has 0 bridgehead atoms. The number of methoxy groups -OCH3 is 1. The Labute approximate surface area is 92.3 Å². The van der Waals surface area contributed by atoms with Crippen LogP contribution in [0.3, 0.4) is 0 Å². The lowest BCUT2D eigenvalue weighted by molar-refractivity contribution is -0.145. The van der Waals surface area contributed by atoms with Crippen LogP contribution in [0.5, 0.6) is 0 Å². The summed E-state index contributed by atoms with van der Waals surface area (Å²) >= 11 is 0. The number of ether oxygens (including phenoxy) is 2. The Morgan fingerprint density at radius 2 is 1.93 bits per heavy atom. The molecule has 0 saturated carbocycles. The Morgan fingerprint density at radius 3 is 2.40 bits per heavy atom. The van der Waals surface area contributed by atoms with Crippen LogP contribution < -0.4 is 5.32 Å². The molecule has 90 valence electrons. The molecule has 0 amide bonds. The highest BCUT2D eigenvalue weighted by molar-refractivity contribution is 5.72. The van der Waals surface area contributed by atoms with E-state index >= 15 is 0 Å². The molecule has 1 N–H and O–H groups in total. The fraction of sp³-hybridized carbons (Fsp3) is 0.909. The van der Waals surface area contributed by atoms with Gasteiger partial charge in [0.15, 0.2) is 0 Å². The van der Waals surface area contributed by atoms with Gasteiger partial charge in [0.05, 0.1) is 19.6 Å². The molecule has 3 atom stereocenters. The fourth-order valence-electron chi connectivity index (χ4n) is 1.33. The zero-order valence-electron chi connectivity index (χ0n) is 10.4. The SMILES string of the molecule is CCOCC(C)NC(C)C(C)C(=O)OC. The molecule has 0 aromatic rings. The highest BCUT2D eigenvalue weighted by atomic mass is 16.5. The molecule has 0 spiro atoms. The van der Waals surface area contributed by atoms with Crippen LogP contribution in [-0.4, -0.2) is 38.4 Å². The van der Waals surface area contributed by atoms with E-state index in [1.807, 2.05) is 27.7 Å². The molecule has 4 nitrogen and oxygen atoms in total. The molecule has 0 aliphatic heterocycles. The van der Waals surface area contributed by atoms with Crippen molar-refractivity contribution >= 4 is 5.97 Å². The highest BCUT2D eigenvalue weighted by Crippen LogP contribution is 2.05. The third-order valence-electron chi connectivity index (χ3n) is 2.44. The van der Waals surface area contributed by atoms with E-state index in [2.05, 4.69) is 10.1 Å². The summed E-state index contributed by atoms with van der Waals surface area (Å²) in [6, 6.07) is 0.333. The van der Waals surface area contributed by atoms with Crippen molar-refractivity contribution < 1.29 is 14.3 Å². The zero-order chi connectivity index (χ0) is 11.8. The van der Waals surface area contributed by atoms with Crippen molar-refractivity contribution in [3.8, 4) is 0 Å². The number of carbonyl (C=O) groups is 1. The highest BCUT2D eigenvalue weighted by Gasteiger charge is 2.21. The second kappa shape index (κ2) is 7.65. The molecule has 4 heteroatoms. The molecule has 15 heavy (non-hydrogen) atoms. The molecule has 0 aliphatic rings. The largest absolute Gasteiger partial charge is 0.469 e. The summed E-state index contributed by atoms with van der Waals surface area (Å²) < 4.78 is 9.97. The Bertz CT molecular complexity index is 185. The molecule has 0 heterocycles.